The number of carbonyl (C=O) groups is 1. The molecule has 2 aromatic carbocycles. The average Bonchev–Trinajstić information content (AvgIpc) is 2.59. The quantitative estimate of drug-likeness (QED) is 0.704. The van der Waals surface area contributed by atoms with Gasteiger partial charge in [0.1, 0.15) is 0 Å². The minimum Gasteiger partial charge on any atom is -0.350 e. The minimum absolute atomic E-state index is 0.0418. The first kappa shape index (κ1) is 19.0. The van der Waals surface area contributed by atoms with Crippen molar-refractivity contribution in [2.45, 2.75) is 19.9 Å². The molecule has 2 aromatic rings. The molecule has 0 aliphatic rings. The van der Waals surface area contributed by atoms with Crippen molar-refractivity contribution in [2.75, 3.05) is 19.6 Å². The molecule has 24 heavy (non-hydrogen) atoms. The normalized spacial score (nSPS) is 12.2. The number of rotatable bonds is 7. The molecule has 0 saturated carbocycles. The molecule has 1 atom stereocenters. The standard InChI is InChI=1S/C19H22BrClN2O/c1-3-23(4-2)18(15-10-6-8-12-17(15)21)13-22-19(24)14-9-5-7-11-16(14)20/h5-12,18H,3-4,13H2,1-2H3,(H,22,24). The van der Waals surface area contributed by atoms with Crippen LogP contribution < -0.4 is 5.32 Å². The van der Waals surface area contributed by atoms with Gasteiger partial charge < -0.3 is 5.32 Å². The molecular weight excluding hydrogens is 388 g/mol. The van der Waals surface area contributed by atoms with Crippen LogP contribution in [0.5, 0.6) is 0 Å². The number of nitrogens with zero attached hydrogens (tertiary/aromatic N) is 1. The van der Waals surface area contributed by atoms with Gasteiger partial charge in [-0.25, -0.2) is 0 Å². The summed E-state index contributed by atoms with van der Waals surface area (Å²) < 4.78 is 0.791. The van der Waals surface area contributed by atoms with E-state index < -0.39 is 0 Å². The highest BCUT2D eigenvalue weighted by atomic mass is 79.9. The lowest BCUT2D eigenvalue weighted by Crippen LogP contribution is -2.38. The van der Waals surface area contributed by atoms with E-state index in [0.29, 0.717) is 12.1 Å². The van der Waals surface area contributed by atoms with E-state index in [1.54, 1.807) is 6.07 Å². The monoisotopic (exact) mass is 408 g/mol. The molecule has 0 radical (unpaired) electrons. The number of hydrogen-bond donors (Lipinski definition) is 1. The van der Waals surface area contributed by atoms with Crippen LogP contribution in [0.1, 0.15) is 35.8 Å². The van der Waals surface area contributed by atoms with E-state index in [-0.39, 0.29) is 11.9 Å². The molecule has 2 rings (SSSR count). The number of hydrogen-bond acceptors (Lipinski definition) is 2. The van der Waals surface area contributed by atoms with Gasteiger partial charge in [-0.05, 0) is 52.8 Å². The minimum atomic E-state index is -0.0910. The molecule has 0 bridgehead atoms. The Morgan fingerprint density at radius 2 is 1.75 bits per heavy atom. The molecule has 0 aliphatic heterocycles. The summed E-state index contributed by atoms with van der Waals surface area (Å²) in [4.78, 5) is 14.8. The molecule has 0 aromatic heterocycles. The molecule has 1 N–H and O–H groups in total. The Kier molecular flexibility index (Phi) is 7.28. The smallest absolute Gasteiger partial charge is 0.252 e. The Hall–Kier alpha value is -1.36. The Morgan fingerprint density at radius 1 is 1.12 bits per heavy atom. The third kappa shape index (κ3) is 4.59. The molecule has 0 saturated heterocycles. The van der Waals surface area contributed by atoms with Crippen LogP contribution in [-0.2, 0) is 0 Å². The van der Waals surface area contributed by atoms with Crippen molar-refractivity contribution in [3.63, 3.8) is 0 Å². The van der Waals surface area contributed by atoms with E-state index in [1.165, 1.54) is 0 Å². The first-order chi connectivity index (χ1) is 11.6. The number of carbonyl (C=O) groups excluding carboxylic acids is 1. The van der Waals surface area contributed by atoms with Gasteiger partial charge >= 0.3 is 0 Å². The third-order valence-electron chi connectivity index (χ3n) is 4.09. The van der Waals surface area contributed by atoms with E-state index in [0.717, 1.165) is 28.1 Å². The van der Waals surface area contributed by atoms with Crippen LogP contribution in [0.25, 0.3) is 0 Å². The van der Waals surface area contributed by atoms with Crippen molar-refractivity contribution >= 4 is 33.4 Å². The second-order valence-corrected chi connectivity index (χ2v) is 6.71. The van der Waals surface area contributed by atoms with Crippen molar-refractivity contribution in [1.29, 1.82) is 0 Å². The van der Waals surface area contributed by atoms with Crippen LogP contribution in [0, 0.1) is 0 Å². The fraction of sp³-hybridized carbons (Fsp3) is 0.316. The third-order valence-corrected chi connectivity index (χ3v) is 5.13. The average molecular weight is 410 g/mol. The van der Waals surface area contributed by atoms with Crippen molar-refractivity contribution in [1.82, 2.24) is 10.2 Å². The predicted octanol–water partition coefficient (Wildman–Crippen LogP) is 4.92. The van der Waals surface area contributed by atoms with E-state index in [9.17, 15) is 4.79 Å². The molecule has 5 heteroatoms. The topological polar surface area (TPSA) is 32.3 Å². The number of nitrogens with one attached hydrogen (secondary N) is 1. The maximum absolute atomic E-state index is 12.5. The van der Waals surface area contributed by atoms with Gasteiger partial charge in [-0.3, -0.25) is 9.69 Å². The molecule has 0 aliphatic carbocycles. The summed E-state index contributed by atoms with van der Waals surface area (Å²) >= 11 is 9.81. The summed E-state index contributed by atoms with van der Waals surface area (Å²) in [5.41, 5.74) is 1.67. The van der Waals surface area contributed by atoms with E-state index in [4.69, 9.17) is 11.6 Å². The van der Waals surface area contributed by atoms with Crippen LogP contribution >= 0.6 is 27.5 Å². The molecule has 1 amide bonds. The lowest BCUT2D eigenvalue weighted by atomic mass is 10.0. The Labute approximate surface area is 157 Å². The summed E-state index contributed by atoms with van der Waals surface area (Å²) in [6.45, 7) is 6.51. The number of likely N-dealkylation sites (N-methyl/N-ethyl adjacent to an activating group) is 1. The predicted molar refractivity (Wildman–Crippen MR) is 104 cm³/mol. The number of benzene rings is 2. The van der Waals surface area contributed by atoms with Gasteiger partial charge in [0.25, 0.3) is 5.91 Å². The zero-order chi connectivity index (χ0) is 17.5. The molecule has 1 unspecified atom stereocenters. The van der Waals surface area contributed by atoms with Crippen molar-refractivity contribution in [3.8, 4) is 0 Å². The first-order valence-corrected chi connectivity index (χ1v) is 9.26. The lowest BCUT2D eigenvalue weighted by molar-refractivity contribution is 0.0934. The fourth-order valence-corrected chi connectivity index (χ4v) is 3.50. The molecule has 0 spiro atoms. The molecule has 128 valence electrons. The van der Waals surface area contributed by atoms with Crippen LogP contribution in [-0.4, -0.2) is 30.4 Å². The van der Waals surface area contributed by atoms with E-state index in [1.807, 2.05) is 42.5 Å². The number of amides is 1. The Balaban J connectivity index is 2.19. The van der Waals surface area contributed by atoms with E-state index >= 15 is 0 Å². The molecule has 3 nitrogen and oxygen atoms in total. The van der Waals surface area contributed by atoms with Crippen molar-refractivity contribution in [2.24, 2.45) is 0 Å². The van der Waals surface area contributed by atoms with Crippen LogP contribution in [0.2, 0.25) is 5.02 Å². The second kappa shape index (κ2) is 9.21. The van der Waals surface area contributed by atoms with Gasteiger partial charge in [-0.2, -0.15) is 0 Å². The summed E-state index contributed by atoms with van der Waals surface area (Å²) in [6.07, 6.45) is 0. The van der Waals surface area contributed by atoms with Gasteiger partial charge in [0.2, 0.25) is 0 Å². The van der Waals surface area contributed by atoms with Crippen molar-refractivity contribution < 1.29 is 4.79 Å². The fourth-order valence-electron chi connectivity index (χ4n) is 2.78. The summed E-state index contributed by atoms with van der Waals surface area (Å²) in [5.74, 6) is -0.0910. The summed E-state index contributed by atoms with van der Waals surface area (Å²) in [5, 5.41) is 3.77. The summed E-state index contributed by atoms with van der Waals surface area (Å²) in [7, 11) is 0. The summed E-state index contributed by atoms with van der Waals surface area (Å²) in [6, 6.07) is 15.3. The highest BCUT2D eigenvalue weighted by Gasteiger charge is 2.21. The number of halogens is 2. The highest BCUT2D eigenvalue weighted by molar-refractivity contribution is 9.10. The van der Waals surface area contributed by atoms with Crippen LogP contribution in [0.3, 0.4) is 0 Å². The second-order valence-electron chi connectivity index (χ2n) is 5.45. The van der Waals surface area contributed by atoms with Gasteiger partial charge in [0.05, 0.1) is 11.6 Å². The van der Waals surface area contributed by atoms with Gasteiger partial charge in [-0.1, -0.05) is 55.8 Å². The highest BCUT2D eigenvalue weighted by Crippen LogP contribution is 2.27. The van der Waals surface area contributed by atoms with Crippen LogP contribution in [0.15, 0.2) is 53.0 Å². The Bertz CT molecular complexity index is 689. The van der Waals surface area contributed by atoms with Crippen LogP contribution in [0.4, 0.5) is 0 Å². The van der Waals surface area contributed by atoms with E-state index in [2.05, 4.69) is 40.0 Å². The maximum atomic E-state index is 12.5. The first-order valence-electron chi connectivity index (χ1n) is 8.09. The molecular formula is C19H22BrClN2O. The van der Waals surface area contributed by atoms with Gasteiger partial charge in [0.15, 0.2) is 0 Å². The van der Waals surface area contributed by atoms with Gasteiger partial charge in [-0.15, -0.1) is 0 Å². The van der Waals surface area contributed by atoms with Gasteiger partial charge in [0, 0.05) is 16.0 Å². The zero-order valence-corrected chi connectivity index (χ0v) is 16.3. The van der Waals surface area contributed by atoms with Crippen molar-refractivity contribution in [3.05, 3.63) is 69.2 Å². The molecule has 0 fully saturated rings. The SMILES string of the molecule is CCN(CC)C(CNC(=O)c1ccccc1Br)c1ccccc1Cl. The lowest BCUT2D eigenvalue weighted by Gasteiger charge is -2.31. The maximum Gasteiger partial charge on any atom is 0.252 e. The zero-order valence-electron chi connectivity index (χ0n) is 13.9. The Morgan fingerprint density at radius 3 is 2.38 bits per heavy atom. The largest absolute Gasteiger partial charge is 0.350 e. The molecule has 0 heterocycles.